The SMILES string of the molecule is CCCNCC(CCSC(F)(F)F)c1cccc(C)c1. The van der Waals surface area contributed by atoms with Crippen LogP contribution in [-0.4, -0.2) is 24.4 Å². The molecule has 0 saturated carbocycles. The molecular weight excluding hydrogens is 283 g/mol. The molecule has 114 valence electrons. The quantitative estimate of drug-likeness (QED) is 0.697. The van der Waals surface area contributed by atoms with Crippen LogP contribution in [0.1, 0.15) is 36.8 Å². The van der Waals surface area contributed by atoms with Gasteiger partial charge >= 0.3 is 5.51 Å². The molecule has 0 aliphatic rings. The Kier molecular flexibility index (Phi) is 7.45. The van der Waals surface area contributed by atoms with E-state index >= 15 is 0 Å². The highest BCUT2D eigenvalue weighted by molar-refractivity contribution is 8.00. The summed E-state index contributed by atoms with van der Waals surface area (Å²) >= 11 is 0.0722. The number of rotatable bonds is 8. The molecule has 1 N–H and O–H groups in total. The van der Waals surface area contributed by atoms with Gasteiger partial charge in [0.1, 0.15) is 0 Å². The Morgan fingerprint density at radius 1 is 1.30 bits per heavy atom. The second-order valence-electron chi connectivity index (χ2n) is 4.90. The van der Waals surface area contributed by atoms with Crippen molar-refractivity contribution in [3.63, 3.8) is 0 Å². The summed E-state index contributed by atoms with van der Waals surface area (Å²) in [5.41, 5.74) is -1.86. The predicted molar refractivity (Wildman–Crippen MR) is 80.2 cm³/mol. The lowest BCUT2D eigenvalue weighted by atomic mass is 9.95. The highest BCUT2D eigenvalue weighted by Gasteiger charge is 2.28. The van der Waals surface area contributed by atoms with Crippen molar-refractivity contribution in [3.05, 3.63) is 35.4 Å². The van der Waals surface area contributed by atoms with E-state index in [2.05, 4.69) is 18.3 Å². The summed E-state index contributed by atoms with van der Waals surface area (Å²) in [6, 6.07) is 8.04. The molecule has 0 aromatic heterocycles. The average molecular weight is 305 g/mol. The van der Waals surface area contributed by atoms with E-state index in [1.165, 1.54) is 0 Å². The molecular formula is C15H22F3NS. The van der Waals surface area contributed by atoms with Crippen molar-refractivity contribution in [1.82, 2.24) is 5.32 Å². The standard InChI is InChI=1S/C15H22F3NS/c1-3-8-19-11-14(7-9-20-15(16,17)18)13-6-4-5-12(2)10-13/h4-6,10,14,19H,3,7-9,11H2,1-2H3. The molecule has 0 radical (unpaired) electrons. The first-order chi connectivity index (χ1) is 9.42. The van der Waals surface area contributed by atoms with Crippen LogP contribution in [0.2, 0.25) is 0 Å². The van der Waals surface area contributed by atoms with Gasteiger partial charge in [-0.1, -0.05) is 48.5 Å². The Hall–Kier alpha value is -0.680. The molecule has 1 aromatic rings. The van der Waals surface area contributed by atoms with E-state index in [0.29, 0.717) is 6.42 Å². The maximum atomic E-state index is 12.2. The molecule has 5 heteroatoms. The van der Waals surface area contributed by atoms with Crippen LogP contribution in [0.15, 0.2) is 24.3 Å². The fourth-order valence-corrected chi connectivity index (χ4v) is 2.71. The molecule has 1 atom stereocenters. The lowest BCUT2D eigenvalue weighted by Gasteiger charge is -2.19. The second-order valence-corrected chi connectivity index (χ2v) is 6.06. The van der Waals surface area contributed by atoms with Gasteiger partial charge in [0, 0.05) is 12.3 Å². The summed E-state index contributed by atoms with van der Waals surface area (Å²) in [4.78, 5) is 0. The van der Waals surface area contributed by atoms with E-state index in [1.807, 2.05) is 25.1 Å². The molecule has 1 nitrogen and oxygen atoms in total. The number of hydrogen-bond acceptors (Lipinski definition) is 2. The zero-order valence-corrected chi connectivity index (χ0v) is 12.8. The summed E-state index contributed by atoms with van der Waals surface area (Å²) < 4.78 is 36.7. The maximum Gasteiger partial charge on any atom is 0.441 e. The van der Waals surface area contributed by atoms with Crippen molar-refractivity contribution in [1.29, 1.82) is 0 Å². The Balaban J connectivity index is 2.60. The largest absolute Gasteiger partial charge is 0.441 e. The predicted octanol–water partition coefficient (Wildman–Crippen LogP) is 4.72. The zero-order chi connectivity index (χ0) is 15.0. The van der Waals surface area contributed by atoms with Crippen molar-refractivity contribution in [2.24, 2.45) is 0 Å². The molecule has 1 rings (SSSR count). The van der Waals surface area contributed by atoms with Crippen molar-refractivity contribution in [2.45, 2.75) is 38.1 Å². The molecule has 0 spiro atoms. The van der Waals surface area contributed by atoms with Gasteiger partial charge in [-0.3, -0.25) is 0 Å². The van der Waals surface area contributed by atoms with Crippen molar-refractivity contribution < 1.29 is 13.2 Å². The monoisotopic (exact) mass is 305 g/mol. The number of aryl methyl sites for hydroxylation is 1. The van der Waals surface area contributed by atoms with E-state index in [-0.39, 0.29) is 23.4 Å². The third kappa shape index (κ3) is 7.20. The smallest absolute Gasteiger partial charge is 0.316 e. The van der Waals surface area contributed by atoms with Gasteiger partial charge in [-0.25, -0.2) is 0 Å². The minimum Gasteiger partial charge on any atom is -0.316 e. The molecule has 0 fully saturated rings. The van der Waals surface area contributed by atoms with Crippen molar-refractivity contribution in [3.8, 4) is 0 Å². The Labute approximate surface area is 123 Å². The van der Waals surface area contributed by atoms with Gasteiger partial charge in [0.15, 0.2) is 0 Å². The Morgan fingerprint density at radius 3 is 2.65 bits per heavy atom. The van der Waals surface area contributed by atoms with E-state index in [1.54, 1.807) is 0 Å². The van der Waals surface area contributed by atoms with Crippen LogP contribution < -0.4 is 5.32 Å². The van der Waals surface area contributed by atoms with Crippen LogP contribution in [0.25, 0.3) is 0 Å². The molecule has 0 bridgehead atoms. The van der Waals surface area contributed by atoms with Gasteiger partial charge in [0.25, 0.3) is 0 Å². The molecule has 0 amide bonds. The second kappa shape index (κ2) is 8.57. The Morgan fingerprint density at radius 2 is 2.05 bits per heavy atom. The van der Waals surface area contributed by atoms with Gasteiger partial charge in [-0.2, -0.15) is 13.2 Å². The molecule has 0 heterocycles. The maximum absolute atomic E-state index is 12.2. The Bertz CT molecular complexity index is 393. The molecule has 1 aromatic carbocycles. The number of nitrogens with one attached hydrogen (secondary N) is 1. The van der Waals surface area contributed by atoms with Crippen molar-refractivity contribution >= 4 is 11.8 Å². The third-order valence-corrected chi connectivity index (χ3v) is 3.83. The van der Waals surface area contributed by atoms with Crippen LogP contribution >= 0.6 is 11.8 Å². The highest BCUT2D eigenvalue weighted by atomic mass is 32.2. The zero-order valence-electron chi connectivity index (χ0n) is 12.0. The molecule has 0 aliphatic heterocycles. The molecule has 1 unspecified atom stereocenters. The topological polar surface area (TPSA) is 12.0 Å². The number of hydrogen-bond donors (Lipinski definition) is 1. The minimum atomic E-state index is -4.13. The number of thioether (sulfide) groups is 1. The van der Waals surface area contributed by atoms with Gasteiger partial charge < -0.3 is 5.32 Å². The molecule has 0 aliphatic carbocycles. The first-order valence-electron chi connectivity index (χ1n) is 6.90. The summed E-state index contributed by atoms with van der Waals surface area (Å²) in [5, 5.41) is 3.31. The summed E-state index contributed by atoms with van der Waals surface area (Å²) in [5.74, 6) is 0.243. The summed E-state index contributed by atoms with van der Waals surface area (Å²) in [6.07, 6.45) is 1.56. The van der Waals surface area contributed by atoms with Gasteiger partial charge in [0.05, 0.1) is 0 Å². The lowest BCUT2D eigenvalue weighted by Crippen LogP contribution is -2.23. The average Bonchev–Trinajstić information content (AvgIpc) is 2.36. The number of alkyl halides is 3. The van der Waals surface area contributed by atoms with Crippen LogP contribution in [0.4, 0.5) is 13.2 Å². The fraction of sp³-hybridized carbons (Fsp3) is 0.600. The summed E-state index contributed by atoms with van der Waals surface area (Å²) in [7, 11) is 0. The lowest BCUT2D eigenvalue weighted by molar-refractivity contribution is -0.0328. The minimum absolute atomic E-state index is 0.0722. The van der Waals surface area contributed by atoms with Gasteiger partial charge in [-0.15, -0.1) is 0 Å². The first-order valence-corrected chi connectivity index (χ1v) is 7.89. The third-order valence-electron chi connectivity index (χ3n) is 3.06. The van der Waals surface area contributed by atoms with E-state index in [4.69, 9.17) is 0 Å². The number of halogens is 3. The van der Waals surface area contributed by atoms with Crippen LogP contribution in [0, 0.1) is 6.92 Å². The van der Waals surface area contributed by atoms with E-state index < -0.39 is 5.51 Å². The molecule has 0 saturated heterocycles. The van der Waals surface area contributed by atoms with Gasteiger partial charge in [-0.05, 0) is 37.8 Å². The van der Waals surface area contributed by atoms with Crippen LogP contribution in [-0.2, 0) is 0 Å². The number of benzene rings is 1. The van der Waals surface area contributed by atoms with Crippen LogP contribution in [0.5, 0.6) is 0 Å². The van der Waals surface area contributed by atoms with Gasteiger partial charge in [0.2, 0.25) is 0 Å². The first kappa shape index (κ1) is 17.4. The fourth-order valence-electron chi connectivity index (χ4n) is 2.08. The highest BCUT2D eigenvalue weighted by Crippen LogP contribution is 2.32. The normalized spacial score (nSPS) is 13.4. The molecule has 20 heavy (non-hydrogen) atoms. The van der Waals surface area contributed by atoms with E-state index in [0.717, 1.165) is 30.6 Å². The van der Waals surface area contributed by atoms with E-state index in [9.17, 15) is 13.2 Å². The van der Waals surface area contributed by atoms with Crippen LogP contribution in [0.3, 0.4) is 0 Å². The summed E-state index contributed by atoms with van der Waals surface area (Å²) in [6.45, 7) is 5.71. The van der Waals surface area contributed by atoms with Crippen molar-refractivity contribution in [2.75, 3.05) is 18.8 Å².